The molecule has 0 bridgehead atoms. The first-order chi connectivity index (χ1) is 17.0. The van der Waals surface area contributed by atoms with Crippen molar-refractivity contribution in [1.82, 2.24) is 30.1 Å². The zero-order chi connectivity index (χ0) is 24.4. The predicted molar refractivity (Wildman–Crippen MR) is 136 cm³/mol. The number of nitrogens with one attached hydrogen (secondary N) is 1. The molecule has 2 N–H and O–H groups in total. The number of hydrogen-bond acceptors (Lipinski definition) is 6. The van der Waals surface area contributed by atoms with Crippen LogP contribution in [0.4, 0.5) is 0 Å². The van der Waals surface area contributed by atoms with E-state index < -0.39 is 0 Å². The summed E-state index contributed by atoms with van der Waals surface area (Å²) in [5.74, 6) is 0.918. The third-order valence-electron chi connectivity index (χ3n) is 8.22. The molecule has 3 aromatic rings. The minimum atomic E-state index is -0.383. The molecule has 0 saturated heterocycles. The molecule has 0 amide bonds. The van der Waals surface area contributed by atoms with Crippen molar-refractivity contribution in [3.8, 4) is 0 Å². The minimum absolute atomic E-state index is 0.0243. The van der Waals surface area contributed by atoms with Gasteiger partial charge in [0.2, 0.25) is 0 Å². The van der Waals surface area contributed by atoms with E-state index in [-0.39, 0.29) is 17.7 Å². The van der Waals surface area contributed by atoms with E-state index in [4.69, 9.17) is 0 Å². The molecule has 1 aromatic carbocycles. The molecule has 2 saturated carbocycles. The molecule has 188 valence electrons. The highest BCUT2D eigenvalue weighted by atomic mass is 16.3. The van der Waals surface area contributed by atoms with Gasteiger partial charge in [0.25, 0.3) is 5.56 Å². The SMILES string of the molecule is Cc1cc(C)c2[nH]c(=O)c(CN(CCO)C3(c4nnnn4C4CCCCC4)CCCCC3)cc2c1. The van der Waals surface area contributed by atoms with Crippen molar-refractivity contribution in [3.05, 3.63) is 51.1 Å². The van der Waals surface area contributed by atoms with Gasteiger partial charge in [-0.15, -0.1) is 5.10 Å². The van der Waals surface area contributed by atoms with Gasteiger partial charge in [-0.3, -0.25) is 9.69 Å². The molecule has 8 nitrogen and oxygen atoms in total. The summed E-state index contributed by atoms with van der Waals surface area (Å²) in [6.07, 6.45) is 11.2. The Kier molecular flexibility index (Phi) is 7.02. The number of fused-ring (bicyclic) bond motifs is 1. The second-order valence-corrected chi connectivity index (χ2v) is 10.6. The van der Waals surface area contributed by atoms with Crippen LogP contribution in [-0.2, 0) is 12.1 Å². The number of hydrogen-bond donors (Lipinski definition) is 2. The summed E-state index contributed by atoms with van der Waals surface area (Å²) in [4.78, 5) is 18.6. The summed E-state index contributed by atoms with van der Waals surface area (Å²) >= 11 is 0. The van der Waals surface area contributed by atoms with Gasteiger partial charge in [0.1, 0.15) is 0 Å². The molecule has 0 unspecified atom stereocenters. The van der Waals surface area contributed by atoms with E-state index in [2.05, 4.69) is 49.1 Å². The molecule has 0 radical (unpaired) electrons. The highest BCUT2D eigenvalue weighted by Crippen LogP contribution is 2.43. The number of aliphatic hydroxyl groups is 1. The summed E-state index contributed by atoms with van der Waals surface area (Å²) in [5.41, 5.74) is 3.42. The number of pyridine rings is 1. The first-order valence-electron chi connectivity index (χ1n) is 13.3. The highest BCUT2D eigenvalue weighted by Gasteiger charge is 2.45. The molecule has 2 fully saturated rings. The standard InChI is InChI=1S/C27H38N6O2/c1-19-15-20(2)24-21(16-19)17-22(25(35)28-24)18-32(13-14-34)27(11-7-4-8-12-27)26-29-30-31-33(26)23-9-5-3-6-10-23/h15-17,23,34H,3-14,18H2,1-2H3,(H,28,35). The van der Waals surface area contributed by atoms with Crippen LogP contribution >= 0.6 is 0 Å². The number of aliphatic hydroxyl groups excluding tert-OH is 1. The number of nitrogens with zero attached hydrogens (tertiary/aromatic N) is 5. The van der Waals surface area contributed by atoms with Crippen molar-refractivity contribution in [2.75, 3.05) is 13.2 Å². The Balaban J connectivity index is 1.56. The van der Waals surface area contributed by atoms with Gasteiger partial charge in [-0.1, -0.05) is 50.2 Å². The van der Waals surface area contributed by atoms with Gasteiger partial charge in [0, 0.05) is 18.7 Å². The number of aryl methyl sites for hydroxylation is 2. The normalized spacial score (nSPS) is 19.0. The summed E-state index contributed by atoms with van der Waals surface area (Å²) in [5, 5.41) is 24.4. The Morgan fingerprint density at radius 1 is 1.09 bits per heavy atom. The third kappa shape index (κ3) is 4.66. The van der Waals surface area contributed by atoms with E-state index in [1.807, 2.05) is 13.0 Å². The molecule has 2 aromatic heterocycles. The van der Waals surface area contributed by atoms with Crippen LogP contribution < -0.4 is 5.56 Å². The maximum absolute atomic E-state index is 13.2. The maximum atomic E-state index is 13.2. The van der Waals surface area contributed by atoms with Gasteiger partial charge >= 0.3 is 0 Å². The Morgan fingerprint density at radius 3 is 2.57 bits per heavy atom. The average molecular weight is 479 g/mol. The summed E-state index contributed by atoms with van der Waals surface area (Å²) < 4.78 is 2.09. The zero-order valence-electron chi connectivity index (χ0n) is 21.1. The van der Waals surface area contributed by atoms with E-state index in [1.165, 1.54) is 31.2 Å². The largest absolute Gasteiger partial charge is 0.395 e. The van der Waals surface area contributed by atoms with E-state index in [1.54, 1.807) is 0 Å². The molecule has 0 aliphatic heterocycles. The molecule has 2 aliphatic rings. The van der Waals surface area contributed by atoms with E-state index in [0.29, 0.717) is 19.1 Å². The van der Waals surface area contributed by atoms with Gasteiger partial charge in [0.15, 0.2) is 5.82 Å². The number of benzene rings is 1. The van der Waals surface area contributed by atoms with Gasteiger partial charge in [-0.2, -0.15) is 0 Å². The number of aromatic amines is 1. The van der Waals surface area contributed by atoms with Crippen molar-refractivity contribution < 1.29 is 5.11 Å². The molecular formula is C27H38N6O2. The van der Waals surface area contributed by atoms with E-state index >= 15 is 0 Å². The van der Waals surface area contributed by atoms with Crippen LogP contribution in [0.15, 0.2) is 23.0 Å². The van der Waals surface area contributed by atoms with Crippen molar-refractivity contribution in [2.45, 2.75) is 96.2 Å². The number of tetrazole rings is 1. The maximum Gasteiger partial charge on any atom is 0.252 e. The van der Waals surface area contributed by atoms with Crippen molar-refractivity contribution >= 4 is 10.9 Å². The molecule has 5 rings (SSSR count). The molecule has 2 aliphatic carbocycles. The molecule has 8 heteroatoms. The number of aromatic nitrogens is 5. The quantitative estimate of drug-likeness (QED) is 0.525. The summed E-state index contributed by atoms with van der Waals surface area (Å²) in [7, 11) is 0. The van der Waals surface area contributed by atoms with E-state index in [0.717, 1.165) is 66.4 Å². The topological polar surface area (TPSA) is 99.9 Å². The lowest BCUT2D eigenvalue weighted by molar-refractivity contribution is 0.0123. The molecule has 0 atom stereocenters. The molecule has 35 heavy (non-hydrogen) atoms. The summed E-state index contributed by atoms with van der Waals surface area (Å²) in [6.45, 7) is 5.07. The van der Waals surface area contributed by atoms with Gasteiger partial charge in [-0.25, -0.2) is 4.68 Å². The first kappa shape index (κ1) is 24.1. The first-order valence-corrected chi connectivity index (χ1v) is 13.3. The van der Waals surface area contributed by atoms with Crippen molar-refractivity contribution in [2.24, 2.45) is 0 Å². The predicted octanol–water partition coefficient (Wildman–Crippen LogP) is 4.29. The Morgan fingerprint density at radius 2 is 1.83 bits per heavy atom. The van der Waals surface area contributed by atoms with Crippen LogP contribution in [0.3, 0.4) is 0 Å². The summed E-state index contributed by atoms with van der Waals surface area (Å²) in [6, 6.07) is 6.58. The van der Waals surface area contributed by atoms with Crippen LogP contribution in [0, 0.1) is 13.8 Å². The smallest absolute Gasteiger partial charge is 0.252 e. The minimum Gasteiger partial charge on any atom is -0.395 e. The van der Waals surface area contributed by atoms with Gasteiger partial charge in [-0.05, 0) is 73.0 Å². The van der Waals surface area contributed by atoms with Crippen molar-refractivity contribution in [1.29, 1.82) is 0 Å². The molecule has 2 heterocycles. The highest BCUT2D eigenvalue weighted by molar-refractivity contribution is 5.82. The number of H-pyrrole nitrogens is 1. The van der Waals surface area contributed by atoms with Crippen LogP contribution in [-0.4, -0.2) is 48.3 Å². The zero-order valence-corrected chi connectivity index (χ0v) is 21.1. The molecular weight excluding hydrogens is 440 g/mol. The lowest BCUT2D eigenvalue weighted by Crippen LogP contribution is -2.51. The second-order valence-electron chi connectivity index (χ2n) is 10.6. The van der Waals surface area contributed by atoms with Crippen molar-refractivity contribution in [3.63, 3.8) is 0 Å². The number of rotatable bonds is 7. The lowest BCUT2D eigenvalue weighted by atomic mass is 9.78. The monoisotopic (exact) mass is 478 g/mol. The average Bonchev–Trinajstić information content (AvgIpc) is 3.36. The fourth-order valence-corrected chi connectivity index (χ4v) is 6.51. The van der Waals surface area contributed by atoms with Crippen LogP contribution in [0.5, 0.6) is 0 Å². The van der Waals surface area contributed by atoms with Crippen LogP contribution in [0.1, 0.15) is 92.8 Å². The molecule has 0 spiro atoms. The Labute approximate surface area is 206 Å². The Bertz CT molecular complexity index is 1220. The lowest BCUT2D eigenvalue weighted by Gasteiger charge is -2.45. The van der Waals surface area contributed by atoms with E-state index in [9.17, 15) is 9.90 Å². The fourth-order valence-electron chi connectivity index (χ4n) is 6.51. The fraction of sp³-hybridized carbons (Fsp3) is 0.630. The van der Waals surface area contributed by atoms with Gasteiger partial charge < -0.3 is 10.1 Å². The van der Waals surface area contributed by atoms with Gasteiger partial charge in [0.05, 0.1) is 23.7 Å². The third-order valence-corrected chi connectivity index (χ3v) is 8.22. The Hall–Kier alpha value is -2.58. The second kappa shape index (κ2) is 10.2. The van der Waals surface area contributed by atoms with Crippen LogP contribution in [0.25, 0.3) is 10.9 Å². The van der Waals surface area contributed by atoms with Crippen LogP contribution in [0.2, 0.25) is 0 Å².